The lowest BCUT2D eigenvalue weighted by Gasteiger charge is -2.15. The SMILES string of the molecule is COc1ccc(CCNC(=O)c2ccccc2NC(=O)c2ccccc2NS(=O)(=O)c2ccc(C)cc2)cc1OC. The molecule has 4 aromatic rings. The molecule has 0 bridgehead atoms. The Morgan fingerprint density at radius 2 is 1.34 bits per heavy atom. The molecule has 0 saturated carbocycles. The number of carbonyl (C=O) groups excluding carboxylic acids is 2. The summed E-state index contributed by atoms with van der Waals surface area (Å²) in [6, 6.07) is 24.8. The second kappa shape index (κ2) is 13.0. The number of hydrogen-bond donors (Lipinski definition) is 3. The van der Waals surface area contributed by atoms with Crippen molar-refractivity contribution >= 4 is 33.2 Å². The fourth-order valence-corrected chi connectivity index (χ4v) is 5.20. The van der Waals surface area contributed by atoms with E-state index >= 15 is 0 Å². The van der Waals surface area contributed by atoms with E-state index in [4.69, 9.17) is 9.47 Å². The molecule has 0 fully saturated rings. The van der Waals surface area contributed by atoms with Crippen molar-refractivity contribution < 1.29 is 27.5 Å². The standard InChI is InChI=1S/C31H31N3O6S/c1-21-12-15-23(16-13-21)41(37,38)34-27-11-7-5-9-25(27)31(36)33-26-10-6-4-8-24(26)30(35)32-19-18-22-14-17-28(39-2)29(20-22)40-3/h4-17,20,34H,18-19H2,1-3H3,(H,32,35)(H,33,36). The van der Waals surface area contributed by atoms with Crippen LogP contribution in [0.3, 0.4) is 0 Å². The summed E-state index contributed by atoms with van der Waals surface area (Å²) in [6.45, 7) is 2.21. The first-order valence-electron chi connectivity index (χ1n) is 12.8. The van der Waals surface area contributed by atoms with Gasteiger partial charge < -0.3 is 20.1 Å². The van der Waals surface area contributed by atoms with Gasteiger partial charge in [0.1, 0.15) is 0 Å². The lowest BCUT2D eigenvalue weighted by molar-refractivity contribution is 0.0955. The summed E-state index contributed by atoms with van der Waals surface area (Å²) >= 11 is 0. The third-order valence-electron chi connectivity index (χ3n) is 6.31. The average molecular weight is 574 g/mol. The number of carbonyl (C=O) groups is 2. The van der Waals surface area contributed by atoms with Crippen molar-refractivity contribution in [2.75, 3.05) is 30.8 Å². The number of benzene rings is 4. The molecule has 0 heterocycles. The van der Waals surface area contributed by atoms with E-state index in [-0.39, 0.29) is 33.3 Å². The molecular weight excluding hydrogens is 542 g/mol. The van der Waals surface area contributed by atoms with E-state index in [1.807, 2.05) is 19.1 Å². The minimum atomic E-state index is -3.93. The van der Waals surface area contributed by atoms with E-state index in [0.717, 1.165) is 11.1 Å². The smallest absolute Gasteiger partial charge is 0.261 e. The summed E-state index contributed by atoms with van der Waals surface area (Å²) < 4.78 is 39.0. The van der Waals surface area contributed by atoms with Crippen LogP contribution in [0.4, 0.5) is 11.4 Å². The van der Waals surface area contributed by atoms with Gasteiger partial charge in [0.15, 0.2) is 11.5 Å². The van der Waals surface area contributed by atoms with Crippen LogP contribution >= 0.6 is 0 Å². The number of amides is 2. The zero-order valence-electron chi connectivity index (χ0n) is 22.9. The number of anilines is 2. The second-order valence-electron chi connectivity index (χ2n) is 9.16. The van der Waals surface area contributed by atoms with E-state index in [1.54, 1.807) is 68.8 Å². The molecule has 0 unspecified atom stereocenters. The Kier molecular flexibility index (Phi) is 9.26. The van der Waals surface area contributed by atoms with Gasteiger partial charge in [-0.1, -0.05) is 48.0 Å². The van der Waals surface area contributed by atoms with Crippen LogP contribution in [-0.4, -0.2) is 41.0 Å². The molecule has 41 heavy (non-hydrogen) atoms. The van der Waals surface area contributed by atoms with Crippen molar-refractivity contribution in [1.82, 2.24) is 5.32 Å². The highest BCUT2D eigenvalue weighted by Crippen LogP contribution is 2.28. The Balaban J connectivity index is 1.46. The van der Waals surface area contributed by atoms with Gasteiger partial charge in [0.2, 0.25) is 0 Å². The Bertz CT molecular complexity index is 1650. The Labute approximate surface area is 239 Å². The largest absolute Gasteiger partial charge is 0.493 e. The van der Waals surface area contributed by atoms with Crippen molar-refractivity contribution in [3.63, 3.8) is 0 Å². The number of hydrogen-bond acceptors (Lipinski definition) is 6. The Hall–Kier alpha value is -4.83. The minimum absolute atomic E-state index is 0.0772. The lowest BCUT2D eigenvalue weighted by atomic mass is 10.1. The molecule has 9 nitrogen and oxygen atoms in total. The first-order chi connectivity index (χ1) is 19.7. The summed E-state index contributed by atoms with van der Waals surface area (Å²) in [4.78, 5) is 26.4. The molecule has 3 N–H and O–H groups in total. The first-order valence-corrected chi connectivity index (χ1v) is 14.3. The van der Waals surface area contributed by atoms with Gasteiger partial charge in [-0.25, -0.2) is 8.42 Å². The van der Waals surface area contributed by atoms with Crippen LogP contribution in [0.15, 0.2) is 95.9 Å². The Morgan fingerprint density at radius 3 is 2.00 bits per heavy atom. The van der Waals surface area contributed by atoms with Gasteiger partial charge in [-0.15, -0.1) is 0 Å². The van der Waals surface area contributed by atoms with Crippen LogP contribution in [0.1, 0.15) is 31.8 Å². The molecule has 0 aromatic heterocycles. The van der Waals surface area contributed by atoms with Crippen LogP contribution in [0, 0.1) is 6.92 Å². The molecule has 0 radical (unpaired) electrons. The van der Waals surface area contributed by atoms with E-state index in [0.29, 0.717) is 24.5 Å². The highest BCUT2D eigenvalue weighted by Gasteiger charge is 2.20. The molecule has 0 aliphatic carbocycles. The molecule has 0 spiro atoms. The van der Waals surface area contributed by atoms with Gasteiger partial charge in [0.25, 0.3) is 21.8 Å². The summed E-state index contributed by atoms with van der Waals surface area (Å²) in [6.07, 6.45) is 0.551. The molecule has 0 aliphatic rings. The predicted molar refractivity (Wildman–Crippen MR) is 158 cm³/mol. The van der Waals surface area contributed by atoms with Crippen molar-refractivity contribution in [3.05, 3.63) is 113 Å². The van der Waals surface area contributed by atoms with Crippen molar-refractivity contribution in [1.29, 1.82) is 0 Å². The lowest BCUT2D eigenvalue weighted by Crippen LogP contribution is -2.27. The van der Waals surface area contributed by atoms with Gasteiger partial charge in [-0.05, 0) is 67.4 Å². The zero-order chi connectivity index (χ0) is 29.4. The number of para-hydroxylation sites is 2. The van der Waals surface area contributed by atoms with Crippen LogP contribution in [-0.2, 0) is 16.4 Å². The molecule has 0 atom stereocenters. The van der Waals surface area contributed by atoms with Crippen LogP contribution in [0.2, 0.25) is 0 Å². The normalized spacial score (nSPS) is 10.9. The number of sulfonamides is 1. The first kappa shape index (κ1) is 29.2. The van der Waals surface area contributed by atoms with Gasteiger partial charge in [-0.2, -0.15) is 0 Å². The van der Waals surface area contributed by atoms with E-state index in [9.17, 15) is 18.0 Å². The molecule has 4 aromatic carbocycles. The summed E-state index contributed by atoms with van der Waals surface area (Å²) in [5.41, 5.74) is 2.65. The van der Waals surface area contributed by atoms with E-state index < -0.39 is 15.9 Å². The third-order valence-corrected chi connectivity index (χ3v) is 7.70. The number of nitrogens with one attached hydrogen (secondary N) is 3. The summed E-state index contributed by atoms with van der Waals surface area (Å²) in [5.74, 6) is 0.285. The quantitative estimate of drug-likeness (QED) is 0.231. The summed E-state index contributed by atoms with van der Waals surface area (Å²) in [5, 5.41) is 5.63. The number of methoxy groups -OCH3 is 2. The van der Waals surface area contributed by atoms with Crippen LogP contribution in [0.25, 0.3) is 0 Å². The van der Waals surface area contributed by atoms with Crippen LogP contribution in [0.5, 0.6) is 11.5 Å². The molecule has 10 heteroatoms. The molecular formula is C31H31N3O6S. The van der Waals surface area contributed by atoms with Gasteiger partial charge in [0, 0.05) is 6.54 Å². The van der Waals surface area contributed by atoms with Crippen molar-refractivity contribution in [2.24, 2.45) is 0 Å². The van der Waals surface area contributed by atoms with Crippen molar-refractivity contribution in [2.45, 2.75) is 18.2 Å². The topological polar surface area (TPSA) is 123 Å². The fraction of sp³-hybridized carbons (Fsp3) is 0.161. The fourth-order valence-electron chi connectivity index (χ4n) is 4.12. The van der Waals surface area contributed by atoms with E-state index in [1.165, 1.54) is 24.3 Å². The third kappa shape index (κ3) is 7.23. The van der Waals surface area contributed by atoms with Gasteiger partial charge in [-0.3, -0.25) is 14.3 Å². The summed E-state index contributed by atoms with van der Waals surface area (Å²) in [7, 11) is -0.804. The second-order valence-corrected chi connectivity index (χ2v) is 10.8. The monoisotopic (exact) mass is 573 g/mol. The van der Waals surface area contributed by atoms with Crippen molar-refractivity contribution in [3.8, 4) is 11.5 Å². The average Bonchev–Trinajstić information content (AvgIpc) is 2.97. The predicted octanol–water partition coefficient (Wildman–Crippen LogP) is 5.04. The molecule has 212 valence electrons. The number of ether oxygens (including phenoxy) is 2. The molecule has 0 saturated heterocycles. The number of aryl methyl sites for hydroxylation is 1. The minimum Gasteiger partial charge on any atom is -0.493 e. The number of rotatable bonds is 11. The highest BCUT2D eigenvalue weighted by molar-refractivity contribution is 7.92. The van der Waals surface area contributed by atoms with Gasteiger partial charge in [0.05, 0.1) is 41.6 Å². The highest BCUT2D eigenvalue weighted by atomic mass is 32.2. The molecule has 0 aliphatic heterocycles. The van der Waals surface area contributed by atoms with E-state index in [2.05, 4.69) is 15.4 Å². The van der Waals surface area contributed by atoms with Gasteiger partial charge >= 0.3 is 0 Å². The maximum Gasteiger partial charge on any atom is 0.261 e. The molecule has 4 rings (SSSR count). The van der Waals surface area contributed by atoms with Crippen LogP contribution < -0.4 is 24.8 Å². The zero-order valence-corrected chi connectivity index (χ0v) is 23.7. The maximum absolute atomic E-state index is 13.3. The molecule has 2 amide bonds. The maximum atomic E-state index is 13.3. The Morgan fingerprint density at radius 1 is 0.732 bits per heavy atom.